The van der Waals surface area contributed by atoms with Crippen molar-refractivity contribution in [2.45, 2.75) is 6.92 Å². The minimum atomic E-state index is -0.0762. The highest BCUT2D eigenvalue weighted by Gasteiger charge is 2.25. The summed E-state index contributed by atoms with van der Waals surface area (Å²) in [5.41, 5.74) is 5.64. The molecule has 0 atom stereocenters. The Morgan fingerprint density at radius 2 is 1.96 bits per heavy atom. The molecule has 1 amide bonds. The van der Waals surface area contributed by atoms with Crippen molar-refractivity contribution in [2.75, 3.05) is 42.8 Å². The Labute approximate surface area is 148 Å². The van der Waals surface area contributed by atoms with Crippen molar-refractivity contribution < 1.29 is 9.53 Å². The summed E-state index contributed by atoms with van der Waals surface area (Å²) in [5.74, 6) is -0.0762. The van der Waals surface area contributed by atoms with Crippen molar-refractivity contribution >= 4 is 28.5 Å². The van der Waals surface area contributed by atoms with Crippen molar-refractivity contribution in [3.63, 3.8) is 0 Å². The average Bonchev–Trinajstić information content (AvgIpc) is 2.95. The van der Waals surface area contributed by atoms with Crippen LogP contribution in [0, 0.1) is 6.92 Å². The Morgan fingerprint density at radius 1 is 1.20 bits per heavy atom. The van der Waals surface area contributed by atoms with Crippen LogP contribution in [0.2, 0.25) is 0 Å². The summed E-state index contributed by atoms with van der Waals surface area (Å²) < 4.78 is 5.10. The van der Waals surface area contributed by atoms with Gasteiger partial charge in [-0.1, -0.05) is 12.1 Å². The maximum atomic E-state index is 12.2. The van der Waals surface area contributed by atoms with Gasteiger partial charge in [0.15, 0.2) is 0 Å². The number of fused-ring (bicyclic) bond motifs is 1. The van der Waals surface area contributed by atoms with E-state index in [0.717, 1.165) is 34.7 Å². The summed E-state index contributed by atoms with van der Waals surface area (Å²) in [6.45, 7) is 3.54. The highest BCUT2D eigenvalue weighted by molar-refractivity contribution is 6.32. The lowest BCUT2D eigenvalue weighted by Gasteiger charge is -2.19. The predicted molar refractivity (Wildman–Crippen MR) is 103 cm³/mol. The first-order chi connectivity index (χ1) is 12.1. The Balaban J connectivity index is 1.74. The Hall–Kier alpha value is -2.79. The highest BCUT2D eigenvalue weighted by Crippen LogP contribution is 2.34. The Bertz CT molecular complexity index is 797. The van der Waals surface area contributed by atoms with Crippen LogP contribution >= 0.6 is 0 Å². The monoisotopic (exact) mass is 337 g/mol. The van der Waals surface area contributed by atoms with E-state index in [1.807, 2.05) is 56.4 Å². The maximum absolute atomic E-state index is 12.2. The van der Waals surface area contributed by atoms with Gasteiger partial charge in [0.1, 0.15) is 0 Å². The molecule has 0 spiro atoms. The Morgan fingerprint density at radius 3 is 2.68 bits per heavy atom. The van der Waals surface area contributed by atoms with E-state index in [1.165, 1.54) is 0 Å². The van der Waals surface area contributed by atoms with Crippen LogP contribution < -0.4 is 15.5 Å². The third-order valence-corrected chi connectivity index (χ3v) is 4.36. The first-order valence-corrected chi connectivity index (χ1v) is 8.28. The zero-order valence-electron chi connectivity index (χ0n) is 14.8. The molecule has 0 radical (unpaired) electrons. The average molecular weight is 337 g/mol. The molecule has 0 aromatic heterocycles. The molecule has 130 valence electrons. The normalized spacial score (nSPS) is 14.4. The second-order valence-electron chi connectivity index (χ2n) is 6.12. The minimum Gasteiger partial charge on any atom is -0.383 e. The van der Waals surface area contributed by atoms with E-state index in [1.54, 1.807) is 13.3 Å². The van der Waals surface area contributed by atoms with E-state index >= 15 is 0 Å². The number of rotatable bonds is 6. The topological polar surface area (TPSA) is 53.6 Å². The van der Waals surface area contributed by atoms with E-state index in [2.05, 4.69) is 15.5 Å². The molecular weight excluding hydrogens is 314 g/mol. The maximum Gasteiger partial charge on any atom is 0.257 e. The fraction of sp³-hybridized carbons (Fsp3) is 0.250. The number of ether oxygens (including phenoxy) is 1. The third kappa shape index (κ3) is 3.67. The van der Waals surface area contributed by atoms with Gasteiger partial charge in [0, 0.05) is 49.5 Å². The number of nitrogens with zero attached hydrogens (tertiary/aromatic N) is 1. The van der Waals surface area contributed by atoms with E-state index in [0.29, 0.717) is 12.2 Å². The van der Waals surface area contributed by atoms with Crippen LogP contribution in [-0.4, -0.2) is 33.2 Å². The number of carbonyl (C=O) groups excluding carboxylic acids is 1. The van der Waals surface area contributed by atoms with Crippen LogP contribution in [0.3, 0.4) is 0 Å². The Kier molecular flexibility index (Phi) is 5.05. The van der Waals surface area contributed by atoms with Crippen molar-refractivity contribution in [3.8, 4) is 0 Å². The molecule has 0 bridgehead atoms. The second kappa shape index (κ2) is 7.40. The molecule has 2 aromatic carbocycles. The molecule has 5 heteroatoms. The largest absolute Gasteiger partial charge is 0.383 e. The number of benzene rings is 2. The minimum absolute atomic E-state index is 0.0762. The van der Waals surface area contributed by atoms with Gasteiger partial charge >= 0.3 is 0 Å². The second-order valence-corrected chi connectivity index (χ2v) is 6.12. The fourth-order valence-electron chi connectivity index (χ4n) is 2.90. The van der Waals surface area contributed by atoms with Gasteiger partial charge in [-0.05, 0) is 42.8 Å². The molecule has 0 fully saturated rings. The number of hydrogen-bond donors (Lipinski definition) is 2. The van der Waals surface area contributed by atoms with E-state index in [-0.39, 0.29) is 5.91 Å². The number of nitrogens with one attached hydrogen (secondary N) is 2. The molecule has 0 saturated carbocycles. The number of methoxy groups -OCH3 is 1. The standard InChI is InChI=1S/C20H23N3O2/c1-14-5-4-6-18-19(14)17(20(24)22-18)13-21-15-7-9-16(10-8-15)23(2)11-12-25-3/h4-10,13,21H,11-12H2,1-3H3,(H,22,24). The lowest BCUT2D eigenvalue weighted by Crippen LogP contribution is -2.21. The van der Waals surface area contributed by atoms with Gasteiger partial charge in [-0.25, -0.2) is 0 Å². The molecule has 0 saturated heterocycles. The molecule has 25 heavy (non-hydrogen) atoms. The van der Waals surface area contributed by atoms with Crippen LogP contribution in [0.25, 0.3) is 5.57 Å². The van der Waals surface area contributed by atoms with Gasteiger partial charge in [-0.2, -0.15) is 0 Å². The number of likely N-dealkylation sites (N-methyl/N-ethyl adjacent to an activating group) is 1. The molecule has 3 rings (SSSR count). The molecule has 2 aromatic rings. The zero-order valence-corrected chi connectivity index (χ0v) is 14.8. The summed E-state index contributed by atoms with van der Waals surface area (Å²) >= 11 is 0. The van der Waals surface area contributed by atoms with Crippen LogP contribution in [-0.2, 0) is 9.53 Å². The van der Waals surface area contributed by atoms with Gasteiger partial charge in [0.2, 0.25) is 0 Å². The molecule has 1 heterocycles. The number of aryl methyl sites for hydroxylation is 1. The van der Waals surface area contributed by atoms with Gasteiger partial charge in [0.05, 0.1) is 12.2 Å². The fourth-order valence-corrected chi connectivity index (χ4v) is 2.90. The molecule has 5 nitrogen and oxygen atoms in total. The third-order valence-electron chi connectivity index (χ3n) is 4.36. The molecule has 1 aliphatic heterocycles. The quantitative estimate of drug-likeness (QED) is 0.793. The van der Waals surface area contributed by atoms with Crippen LogP contribution in [0.15, 0.2) is 48.7 Å². The van der Waals surface area contributed by atoms with Crippen molar-refractivity contribution in [2.24, 2.45) is 0 Å². The number of anilines is 3. The number of carbonyl (C=O) groups is 1. The zero-order chi connectivity index (χ0) is 17.8. The lowest BCUT2D eigenvalue weighted by molar-refractivity contribution is -0.110. The summed E-state index contributed by atoms with van der Waals surface area (Å²) in [5, 5.41) is 6.13. The van der Waals surface area contributed by atoms with Gasteiger partial charge in [-0.3, -0.25) is 4.79 Å². The predicted octanol–water partition coefficient (Wildman–Crippen LogP) is 3.48. The SMILES string of the molecule is COCCN(C)c1ccc(NC=C2C(=O)Nc3cccc(C)c32)cc1. The van der Waals surface area contributed by atoms with Crippen molar-refractivity contribution in [3.05, 3.63) is 59.8 Å². The number of amides is 1. The molecular formula is C20H23N3O2. The van der Waals surface area contributed by atoms with Gasteiger partial charge in [0.25, 0.3) is 5.91 Å². The number of hydrogen-bond acceptors (Lipinski definition) is 4. The first kappa shape index (κ1) is 17.0. The summed E-state index contributed by atoms with van der Waals surface area (Å²) in [6.07, 6.45) is 1.78. The summed E-state index contributed by atoms with van der Waals surface area (Å²) in [6, 6.07) is 14.0. The lowest BCUT2D eigenvalue weighted by atomic mass is 10.0. The van der Waals surface area contributed by atoms with Crippen molar-refractivity contribution in [1.82, 2.24) is 0 Å². The molecule has 1 aliphatic rings. The first-order valence-electron chi connectivity index (χ1n) is 8.28. The van der Waals surface area contributed by atoms with Gasteiger partial charge in [-0.15, -0.1) is 0 Å². The van der Waals surface area contributed by atoms with E-state index < -0.39 is 0 Å². The molecule has 0 unspecified atom stereocenters. The highest BCUT2D eigenvalue weighted by atomic mass is 16.5. The van der Waals surface area contributed by atoms with Crippen LogP contribution in [0.4, 0.5) is 17.1 Å². The van der Waals surface area contributed by atoms with Crippen LogP contribution in [0.1, 0.15) is 11.1 Å². The summed E-state index contributed by atoms with van der Waals surface area (Å²) in [4.78, 5) is 14.3. The van der Waals surface area contributed by atoms with Crippen molar-refractivity contribution in [1.29, 1.82) is 0 Å². The van der Waals surface area contributed by atoms with E-state index in [4.69, 9.17) is 4.74 Å². The molecule has 0 aliphatic carbocycles. The molecule has 2 N–H and O–H groups in total. The smallest absolute Gasteiger partial charge is 0.257 e. The van der Waals surface area contributed by atoms with Gasteiger partial charge < -0.3 is 20.3 Å². The summed E-state index contributed by atoms with van der Waals surface area (Å²) in [7, 11) is 3.74. The van der Waals surface area contributed by atoms with Crippen LogP contribution in [0.5, 0.6) is 0 Å². The van der Waals surface area contributed by atoms with E-state index in [9.17, 15) is 4.79 Å².